The molecule has 26 heavy (non-hydrogen) atoms. The highest BCUT2D eigenvalue weighted by molar-refractivity contribution is 7.89. The molecule has 0 saturated heterocycles. The number of aryl methyl sites for hydroxylation is 1. The number of nitrogens with one attached hydrogen (secondary N) is 1. The molecule has 0 aliphatic rings. The molecule has 0 aliphatic carbocycles. The molecule has 6 nitrogen and oxygen atoms in total. The topological polar surface area (TPSA) is 89.5 Å². The van der Waals surface area contributed by atoms with E-state index < -0.39 is 40.2 Å². The predicted octanol–water partition coefficient (Wildman–Crippen LogP) is 2.23. The van der Waals surface area contributed by atoms with Crippen LogP contribution < -0.4 is 4.72 Å². The summed E-state index contributed by atoms with van der Waals surface area (Å²) in [5.74, 6) is -1.90. The van der Waals surface area contributed by atoms with Crippen LogP contribution in [0, 0.1) is 12.7 Å². The fourth-order valence-electron chi connectivity index (χ4n) is 2.05. The van der Waals surface area contributed by atoms with Gasteiger partial charge in [0.05, 0.1) is 4.90 Å². The Morgan fingerprint density at radius 3 is 2.23 bits per heavy atom. The monoisotopic (exact) mass is 379 g/mol. The molecule has 0 saturated carbocycles. The van der Waals surface area contributed by atoms with Gasteiger partial charge in [-0.3, -0.25) is 9.59 Å². The van der Waals surface area contributed by atoms with Crippen LogP contribution in [0.3, 0.4) is 0 Å². The average molecular weight is 379 g/mol. The van der Waals surface area contributed by atoms with Crippen LogP contribution in [-0.4, -0.2) is 32.8 Å². The first-order chi connectivity index (χ1) is 12.2. The Kier molecular flexibility index (Phi) is 6.23. The third-order valence-electron chi connectivity index (χ3n) is 3.53. The number of ketones is 1. The Morgan fingerprint density at radius 1 is 1.08 bits per heavy atom. The molecule has 0 unspecified atom stereocenters. The normalized spacial score (nSPS) is 12.4. The first-order valence-corrected chi connectivity index (χ1v) is 9.22. The third-order valence-corrected chi connectivity index (χ3v) is 5.09. The van der Waals surface area contributed by atoms with Crippen LogP contribution in [0.5, 0.6) is 0 Å². The van der Waals surface area contributed by atoms with E-state index in [-0.39, 0.29) is 10.5 Å². The van der Waals surface area contributed by atoms with E-state index in [0.29, 0.717) is 0 Å². The SMILES string of the molecule is Cc1ccc(S(=O)(=O)N[C@@H](C)C(=O)OCC(=O)c2ccc(F)cc2)cc1. The molecular weight excluding hydrogens is 361 g/mol. The van der Waals surface area contributed by atoms with Crippen LogP contribution in [-0.2, 0) is 19.6 Å². The Labute approximate surface area is 151 Å². The molecular formula is C18H18FNO5S. The summed E-state index contributed by atoms with van der Waals surface area (Å²) in [7, 11) is -3.89. The molecule has 0 aliphatic heterocycles. The van der Waals surface area contributed by atoms with Crippen LogP contribution in [0.1, 0.15) is 22.8 Å². The lowest BCUT2D eigenvalue weighted by molar-refractivity contribution is -0.144. The van der Waals surface area contributed by atoms with Crippen molar-refractivity contribution in [2.24, 2.45) is 0 Å². The van der Waals surface area contributed by atoms with Crippen molar-refractivity contribution in [1.29, 1.82) is 0 Å². The van der Waals surface area contributed by atoms with E-state index in [2.05, 4.69) is 4.72 Å². The van der Waals surface area contributed by atoms with E-state index in [4.69, 9.17) is 4.74 Å². The number of rotatable bonds is 7. The smallest absolute Gasteiger partial charge is 0.324 e. The Morgan fingerprint density at radius 2 is 1.65 bits per heavy atom. The van der Waals surface area contributed by atoms with E-state index in [1.54, 1.807) is 12.1 Å². The van der Waals surface area contributed by atoms with Gasteiger partial charge in [-0.25, -0.2) is 12.8 Å². The Hall–Kier alpha value is -2.58. The van der Waals surface area contributed by atoms with Gasteiger partial charge in [-0.2, -0.15) is 4.72 Å². The van der Waals surface area contributed by atoms with Crippen molar-refractivity contribution in [3.05, 3.63) is 65.5 Å². The second kappa shape index (κ2) is 8.20. The molecule has 1 atom stereocenters. The second-order valence-corrected chi connectivity index (χ2v) is 7.41. The lowest BCUT2D eigenvalue weighted by Crippen LogP contribution is -2.40. The lowest BCUT2D eigenvalue weighted by Gasteiger charge is -2.13. The average Bonchev–Trinajstić information content (AvgIpc) is 2.60. The minimum Gasteiger partial charge on any atom is -0.456 e. The van der Waals surface area contributed by atoms with Crippen LogP contribution in [0.25, 0.3) is 0 Å². The van der Waals surface area contributed by atoms with Gasteiger partial charge in [-0.05, 0) is 50.2 Å². The van der Waals surface area contributed by atoms with Gasteiger partial charge in [0.2, 0.25) is 10.0 Å². The molecule has 0 heterocycles. The van der Waals surface area contributed by atoms with Gasteiger partial charge < -0.3 is 4.74 Å². The quantitative estimate of drug-likeness (QED) is 0.589. The zero-order chi connectivity index (χ0) is 19.3. The molecule has 0 spiro atoms. The number of sulfonamides is 1. The van der Waals surface area contributed by atoms with E-state index in [9.17, 15) is 22.4 Å². The molecule has 138 valence electrons. The van der Waals surface area contributed by atoms with Crippen molar-refractivity contribution in [2.45, 2.75) is 24.8 Å². The van der Waals surface area contributed by atoms with Gasteiger partial charge in [0.15, 0.2) is 12.4 Å². The van der Waals surface area contributed by atoms with Crippen LogP contribution >= 0.6 is 0 Å². The highest BCUT2D eigenvalue weighted by atomic mass is 32.2. The number of hydrogen-bond donors (Lipinski definition) is 1. The van der Waals surface area contributed by atoms with Gasteiger partial charge in [0.1, 0.15) is 11.9 Å². The van der Waals surface area contributed by atoms with Crippen molar-refractivity contribution < 1.29 is 27.1 Å². The summed E-state index contributed by atoms with van der Waals surface area (Å²) in [5, 5.41) is 0. The summed E-state index contributed by atoms with van der Waals surface area (Å²) in [4.78, 5) is 23.8. The van der Waals surface area contributed by atoms with Gasteiger partial charge in [-0.1, -0.05) is 17.7 Å². The largest absolute Gasteiger partial charge is 0.456 e. The predicted molar refractivity (Wildman–Crippen MR) is 92.7 cm³/mol. The fraction of sp³-hybridized carbons (Fsp3) is 0.222. The van der Waals surface area contributed by atoms with Crippen molar-refractivity contribution in [3.63, 3.8) is 0 Å². The minimum atomic E-state index is -3.89. The van der Waals surface area contributed by atoms with Gasteiger partial charge in [-0.15, -0.1) is 0 Å². The fourth-order valence-corrected chi connectivity index (χ4v) is 3.24. The third kappa shape index (κ3) is 5.21. The van der Waals surface area contributed by atoms with Gasteiger partial charge >= 0.3 is 5.97 Å². The maximum atomic E-state index is 12.8. The van der Waals surface area contributed by atoms with Gasteiger partial charge in [0.25, 0.3) is 0 Å². The molecule has 0 bridgehead atoms. The number of halogens is 1. The summed E-state index contributed by atoms with van der Waals surface area (Å²) in [6.45, 7) is 2.57. The molecule has 1 N–H and O–H groups in total. The number of carbonyl (C=O) groups is 2. The number of Topliss-reactive ketones (excluding diaryl/α,β-unsaturated/α-hetero) is 1. The lowest BCUT2D eigenvalue weighted by atomic mass is 10.1. The van der Waals surface area contributed by atoms with E-state index in [1.165, 1.54) is 31.2 Å². The van der Waals surface area contributed by atoms with Crippen LogP contribution in [0.2, 0.25) is 0 Å². The van der Waals surface area contributed by atoms with Crippen LogP contribution in [0.4, 0.5) is 4.39 Å². The van der Waals surface area contributed by atoms with Crippen molar-refractivity contribution >= 4 is 21.8 Å². The molecule has 2 rings (SSSR count). The number of carbonyl (C=O) groups excluding carboxylic acids is 2. The first kappa shape index (κ1) is 19.7. The summed E-state index contributed by atoms with van der Waals surface area (Å²) in [6, 6.07) is 9.73. The molecule has 0 aromatic heterocycles. The van der Waals surface area contributed by atoms with Crippen LogP contribution in [0.15, 0.2) is 53.4 Å². The van der Waals surface area contributed by atoms with Crippen molar-refractivity contribution in [3.8, 4) is 0 Å². The Balaban J connectivity index is 1.93. The molecule has 8 heteroatoms. The van der Waals surface area contributed by atoms with Crippen molar-refractivity contribution in [2.75, 3.05) is 6.61 Å². The van der Waals surface area contributed by atoms with E-state index >= 15 is 0 Å². The maximum absolute atomic E-state index is 12.8. The summed E-state index contributed by atoms with van der Waals surface area (Å²) in [5.41, 5.74) is 1.09. The maximum Gasteiger partial charge on any atom is 0.324 e. The molecule has 2 aromatic carbocycles. The van der Waals surface area contributed by atoms with Crippen molar-refractivity contribution in [1.82, 2.24) is 4.72 Å². The highest BCUT2D eigenvalue weighted by Gasteiger charge is 2.23. The molecule has 0 amide bonds. The zero-order valence-corrected chi connectivity index (χ0v) is 15.0. The highest BCUT2D eigenvalue weighted by Crippen LogP contribution is 2.11. The van der Waals surface area contributed by atoms with Gasteiger partial charge in [0, 0.05) is 5.56 Å². The second-order valence-electron chi connectivity index (χ2n) is 5.69. The molecule has 0 fully saturated rings. The standard InChI is InChI=1S/C18H18FNO5S/c1-12-3-9-16(10-4-12)26(23,24)20-13(2)18(22)25-11-17(21)14-5-7-15(19)8-6-14/h3-10,13,20H,11H2,1-2H3/t13-/m0/s1. The zero-order valence-electron chi connectivity index (χ0n) is 14.2. The minimum absolute atomic E-state index is 0.0186. The first-order valence-electron chi connectivity index (χ1n) is 7.73. The number of ether oxygens (including phenoxy) is 1. The van der Waals surface area contributed by atoms with E-state index in [0.717, 1.165) is 17.7 Å². The summed E-state index contributed by atoms with van der Waals surface area (Å²) in [6.07, 6.45) is 0. The summed E-state index contributed by atoms with van der Waals surface area (Å²) >= 11 is 0. The molecule has 2 aromatic rings. The van der Waals surface area contributed by atoms with E-state index in [1.807, 2.05) is 6.92 Å². The number of hydrogen-bond acceptors (Lipinski definition) is 5. The number of benzene rings is 2. The number of esters is 1. The Bertz CT molecular complexity index is 892. The molecule has 0 radical (unpaired) electrons. The summed E-state index contributed by atoms with van der Waals surface area (Å²) < 4.78 is 44.3.